The Morgan fingerprint density at radius 3 is 2.59 bits per heavy atom. The topological polar surface area (TPSA) is 40.5 Å². The number of thiazole rings is 1. The summed E-state index contributed by atoms with van der Waals surface area (Å²) < 4.78 is 0. The number of hydrogen-bond donors (Lipinski definition) is 1. The van der Waals surface area contributed by atoms with E-state index in [-0.39, 0.29) is 0 Å². The Bertz CT molecular complexity index is 619. The zero-order chi connectivity index (χ0) is 15.9. The van der Waals surface area contributed by atoms with Crippen molar-refractivity contribution in [1.29, 1.82) is 0 Å². The van der Waals surface area contributed by atoms with E-state index in [9.17, 15) is 0 Å². The van der Waals surface area contributed by atoms with Gasteiger partial charge in [-0.05, 0) is 26.3 Å². The minimum atomic E-state index is 0.679. The molecule has 4 nitrogen and oxygen atoms in total. The Kier molecular flexibility index (Phi) is 5.95. The van der Waals surface area contributed by atoms with Crippen molar-refractivity contribution in [3.05, 3.63) is 51.5 Å². The molecule has 0 fully saturated rings. The van der Waals surface area contributed by atoms with Crippen molar-refractivity contribution >= 4 is 17.3 Å². The monoisotopic (exact) mass is 316 g/mol. The highest BCUT2D eigenvalue weighted by molar-refractivity contribution is 7.11. The van der Waals surface area contributed by atoms with Crippen LogP contribution in [0.25, 0.3) is 0 Å². The first-order valence-corrected chi connectivity index (χ1v) is 8.38. The van der Waals surface area contributed by atoms with Crippen LogP contribution in [0.4, 0.5) is 0 Å². The van der Waals surface area contributed by atoms with Crippen molar-refractivity contribution < 1.29 is 0 Å². The molecular formula is C17H24N4S. The number of nitrogens with zero attached hydrogens (tertiary/aromatic N) is 3. The SMILES string of the molecule is CCNC(=NCc1sc(C)nc1C)N(C)Cc1ccccc1. The molecule has 0 saturated heterocycles. The molecule has 0 unspecified atom stereocenters. The van der Waals surface area contributed by atoms with E-state index in [1.165, 1.54) is 10.4 Å². The van der Waals surface area contributed by atoms with Crippen LogP contribution in [0.1, 0.15) is 28.1 Å². The van der Waals surface area contributed by atoms with Gasteiger partial charge in [0.25, 0.3) is 0 Å². The fraction of sp³-hybridized carbons (Fsp3) is 0.412. The third-order valence-electron chi connectivity index (χ3n) is 3.33. The molecule has 1 aromatic heterocycles. The maximum atomic E-state index is 4.76. The molecular weight excluding hydrogens is 292 g/mol. The lowest BCUT2D eigenvalue weighted by atomic mass is 10.2. The maximum Gasteiger partial charge on any atom is 0.194 e. The molecule has 0 amide bonds. The molecule has 22 heavy (non-hydrogen) atoms. The van der Waals surface area contributed by atoms with Crippen molar-refractivity contribution in [2.45, 2.75) is 33.9 Å². The molecule has 2 rings (SSSR count). The molecule has 0 aliphatic carbocycles. The van der Waals surface area contributed by atoms with E-state index in [0.29, 0.717) is 6.54 Å². The van der Waals surface area contributed by atoms with Gasteiger partial charge in [-0.1, -0.05) is 30.3 Å². The molecule has 1 heterocycles. The summed E-state index contributed by atoms with van der Waals surface area (Å²) in [6, 6.07) is 10.4. The van der Waals surface area contributed by atoms with E-state index in [0.717, 1.165) is 29.8 Å². The first-order valence-electron chi connectivity index (χ1n) is 7.56. The fourth-order valence-corrected chi connectivity index (χ4v) is 3.13. The molecule has 0 saturated carbocycles. The summed E-state index contributed by atoms with van der Waals surface area (Å²) in [5.74, 6) is 0.928. The lowest BCUT2D eigenvalue weighted by molar-refractivity contribution is 0.477. The largest absolute Gasteiger partial charge is 0.357 e. The van der Waals surface area contributed by atoms with E-state index in [1.807, 2.05) is 13.0 Å². The third-order valence-corrected chi connectivity index (χ3v) is 4.39. The highest BCUT2D eigenvalue weighted by atomic mass is 32.1. The smallest absolute Gasteiger partial charge is 0.194 e. The van der Waals surface area contributed by atoms with Crippen LogP contribution in [0.15, 0.2) is 35.3 Å². The molecule has 5 heteroatoms. The highest BCUT2D eigenvalue weighted by Gasteiger charge is 2.08. The van der Waals surface area contributed by atoms with Crippen LogP contribution in [0.5, 0.6) is 0 Å². The molecule has 0 spiro atoms. The summed E-state index contributed by atoms with van der Waals surface area (Å²) in [6.07, 6.45) is 0. The van der Waals surface area contributed by atoms with Crippen LogP contribution in [-0.2, 0) is 13.1 Å². The van der Waals surface area contributed by atoms with Gasteiger partial charge in [0.15, 0.2) is 5.96 Å². The van der Waals surface area contributed by atoms with Gasteiger partial charge in [-0.2, -0.15) is 0 Å². The molecule has 0 bridgehead atoms. The average molecular weight is 316 g/mol. The summed E-state index contributed by atoms with van der Waals surface area (Å²) in [6.45, 7) is 8.56. The van der Waals surface area contributed by atoms with E-state index in [1.54, 1.807) is 11.3 Å². The van der Waals surface area contributed by atoms with Crippen molar-refractivity contribution in [2.75, 3.05) is 13.6 Å². The van der Waals surface area contributed by atoms with Crippen LogP contribution in [0.2, 0.25) is 0 Å². The lowest BCUT2D eigenvalue weighted by Crippen LogP contribution is -2.38. The second kappa shape index (κ2) is 7.94. The molecule has 1 N–H and O–H groups in total. The van der Waals surface area contributed by atoms with Crippen LogP contribution in [0.3, 0.4) is 0 Å². The third kappa shape index (κ3) is 4.56. The minimum Gasteiger partial charge on any atom is -0.357 e. The zero-order valence-corrected chi connectivity index (χ0v) is 14.6. The number of aliphatic imine (C=N–C) groups is 1. The molecule has 2 aromatic rings. The first-order chi connectivity index (χ1) is 10.6. The zero-order valence-electron chi connectivity index (χ0n) is 13.8. The normalized spacial score (nSPS) is 11.5. The Morgan fingerprint density at radius 1 is 1.27 bits per heavy atom. The van der Waals surface area contributed by atoms with Crippen LogP contribution < -0.4 is 5.32 Å². The molecule has 0 aliphatic rings. The predicted molar refractivity (Wildman–Crippen MR) is 94.3 cm³/mol. The minimum absolute atomic E-state index is 0.679. The second-order valence-electron chi connectivity index (χ2n) is 5.25. The van der Waals surface area contributed by atoms with E-state index >= 15 is 0 Å². The summed E-state index contributed by atoms with van der Waals surface area (Å²) >= 11 is 1.73. The number of nitrogens with one attached hydrogen (secondary N) is 1. The Hall–Kier alpha value is -1.88. The number of benzene rings is 1. The number of rotatable bonds is 5. The van der Waals surface area contributed by atoms with Crippen LogP contribution in [0, 0.1) is 13.8 Å². The van der Waals surface area contributed by atoms with Crippen molar-refractivity contribution in [2.24, 2.45) is 4.99 Å². The molecule has 0 aliphatic heterocycles. The number of aryl methyl sites for hydroxylation is 2. The van der Waals surface area contributed by atoms with Gasteiger partial charge in [0, 0.05) is 25.0 Å². The van der Waals surface area contributed by atoms with Crippen molar-refractivity contribution in [1.82, 2.24) is 15.2 Å². The lowest BCUT2D eigenvalue weighted by Gasteiger charge is -2.22. The summed E-state index contributed by atoms with van der Waals surface area (Å²) in [4.78, 5) is 12.6. The Labute approximate surface area is 136 Å². The highest BCUT2D eigenvalue weighted by Crippen LogP contribution is 2.18. The van der Waals surface area contributed by atoms with Crippen LogP contribution in [-0.4, -0.2) is 29.4 Å². The predicted octanol–water partition coefficient (Wildman–Crippen LogP) is 3.36. The van der Waals surface area contributed by atoms with Gasteiger partial charge in [0.05, 0.1) is 17.2 Å². The number of guanidine groups is 1. The molecule has 0 atom stereocenters. The number of aromatic nitrogens is 1. The van der Waals surface area contributed by atoms with Gasteiger partial charge in [-0.3, -0.25) is 0 Å². The number of hydrogen-bond acceptors (Lipinski definition) is 3. The molecule has 1 aromatic carbocycles. The first kappa shape index (κ1) is 16.5. The molecule has 118 valence electrons. The van der Waals surface area contributed by atoms with E-state index in [2.05, 4.69) is 60.4 Å². The van der Waals surface area contributed by atoms with E-state index < -0.39 is 0 Å². The summed E-state index contributed by atoms with van der Waals surface area (Å²) in [5, 5.41) is 4.46. The fourth-order valence-electron chi connectivity index (χ4n) is 2.27. The van der Waals surface area contributed by atoms with Crippen LogP contribution >= 0.6 is 11.3 Å². The summed E-state index contributed by atoms with van der Waals surface area (Å²) in [7, 11) is 2.07. The van der Waals surface area contributed by atoms with Gasteiger partial charge in [0.2, 0.25) is 0 Å². The quantitative estimate of drug-likeness (QED) is 0.679. The Balaban J connectivity index is 2.07. The van der Waals surface area contributed by atoms with Gasteiger partial charge >= 0.3 is 0 Å². The van der Waals surface area contributed by atoms with Gasteiger partial charge in [0.1, 0.15) is 0 Å². The van der Waals surface area contributed by atoms with E-state index in [4.69, 9.17) is 4.99 Å². The molecule has 0 radical (unpaired) electrons. The van der Waals surface area contributed by atoms with Gasteiger partial charge in [-0.25, -0.2) is 9.98 Å². The average Bonchev–Trinajstić information content (AvgIpc) is 2.82. The van der Waals surface area contributed by atoms with Gasteiger partial charge < -0.3 is 10.2 Å². The Morgan fingerprint density at radius 2 is 2.00 bits per heavy atom. The maximum absolute atomic E-state index is 4.76. The summed E-state index contributed by atoms with van der Waals surface area (Å²) in [5.41, 5.74) is 2.37. The van der Waals surface area contributed by atoms with Crippen molar-refractivity contribution in [3.8, 4) is 0 Å². The standard InChI is InChI=1S/C17H24N4S/c1-5-18-17(19-11-16-13(2)20-14(3)22-16)21(4)12-15-9-7-6-8-10-15/h6-10H,5,11-12H2,1-4H3,(H,18,19). The second-order valence-corrected chi connectivity index (χ2v) is 6.54. The van der Waals surface area contributed by atoms with Gasteiger partial charge in [-0.15, -0.1) is 11.3 Å². The van der Waals surface area contributed by atoms with Crippen molar-refractivity contribution in [3.63, 3.8) is 0 Å².